The smallest absolute Gasteiger partial charge is 0.418 e. The molecule has 6 nitrogen and oxygen atoms in total. The molecule has 0 aliphatic carbocycles. The second-order valence-electron chi connectivity index (χ2n) is 7.51. The van der Waals surface area contributed by atoms with Crippen molar-refractivity contribution in [3.8, 4) is 5.75 Å². The van der Waals surface area contributed by atoms with Gasteiger partial charge >= 0.3 is 6.18 Å². The van der Waals surface area contributed by atoms with Gasteiger partial charge in [0.15, 0.2) is 0 Å². The van der Waals surface area contributed by atoms with Gasteiger partial charge < -0.3 is 15.0 Å². The second-order valence-corrected chi connectivity index (χ2v) is 7.51. The van der Waals surface area contributed by atoms with Crippen LogP contribution in [0.2, 0.25) is 0 Å². The molecular weight excluding hydrogens is 423 g/mol. The molecule has 1 fully saturated rings. The first-order chi connectivity index (χ1) is 15.3. The number of hydrogen-bond acceptors (Lipinski definition) is 4. The normalized spacial score (nSPS) is 14.8. The minimum Gasteiger partial charge on any atom is -0.494 e. The molecule has 1 heterocycles. The number of rotatable bonds is 8. The molecule has 1 N–H and O–H groups in total. The summed E-state index contributed by atoms with van der Waals surface area (Å²) < 4.78 is 44.8. The highest BCUT2D eigenvalue weighted by molar-refractivity contribution is 5.93. The molecule has 0 radical (unpaired) electrons. The average Bonchev–Trinajstić information content (AvgIpc) is 2.77. The SMILES string of the molecule is O=C(CN1CCN(C(=O)CCCOc2ccccc2)CC1)Nc1ccccc1C(F)(F)F. The van der Waals surface area contributed by atoms with Crippen LogP contribution in [0, 0.1) is 0 Å². The van der Waals surface area contributed by atoms with Gasteiger partial charge in [0.2, 0.25) is 11.8 Å². The Bertz CT molecular complexity index is 898. The van der Waals surface area contributed by atoms with Gasteiger partial charge in [-0.15, -0.1) is 0 Å². The predicted molar refractivity (Wildman–Crippen MR) is 114 cm³/mol. The molecule has 1 aliphatic heterocycles. The number of nitrogens with one attached hydrogen (secondary N) is 1. The predicted octanol–water partition coefficient (Wildman–Crippen LogP) is 3.65. The van der Waals surface area contributed by atoms with Gasteiger partial charge in [-0.2, -0.15) is 13.2 Å². The van der Waals surface area contributed by atoms with E-state index in [0.717, 1.165) is 11.8 Å². The van der Waals surface area contributed by atoms with Crippen LogP contribution in [0.25, 0.3) is 0 Å². The number of piperazine rings is 1. The van der Waals surface area contributed by atoms with E-state index < -0.39 is 17.6 Å². The lowest BCUT2D eigenvalue weighted by Gasteiger charge is -2.34. The number of nitrogens with zero attached hydrogens (tertiary/aromatic N) is 2. The monoisotopic (exact) mass is 449 g/mol. The minimum atomic E-state index is -4.54. The molecule has 0 bridgehead atoms. The van der Waals surface area contributed by atoms with Crippen molar-refractivity contribution < 1.29 is 27.5 Å². The summed E-state index contributed by atoms with van der Waals surface area (Å²) in [5, 5.41) is 2.35. The van der Waals surface area contributed by atoms with Crippen molar-refractivity contribution in [2.75, 3.05) is 44.6 Å². The van der Waals surface area contributed by atoms with Crippen molar-refractivity contribution in [1.29, 1.82) is 0 Å². The number of anilines is 1. The van der Waals surface area contributed by atoms with Gasteiger partial charge in [-0.1, -0.05) is 30.3 Å². The highest BCUT2D eigenvalue weighted by Gasteiger charge is 2.33. The zero-order valence-corrected chi connectivity index (χ0v) is 17.6. The largest absolute Gasteiger partial charge is 0.494 e. The van der Waals surface area contributed by atoms with Crippen LogP contribution >= 0.6 is 0 Å². The number of alkyl halides is 3. The second kappa shape index (κ2) is 11.0. The summed E-state index contributed by atoms with van der Waals surface area (Å²) in [7, 11) is 0. The number of carbonyl (C=O) groups excluding carboxylic acids is 2. The molecule has 172 valence electrons. The molecule has 0 unspecified atom stereocenters. The average molecular weight is 449 g/mol. The molecule has 2 aromatic rings. The minimum absolute atomic E-state index is 0.0286. The number of hydrogen-bond donors (Lipinski definition) is 1. The van der Waals surface area contributed by atoms with Crippen LogP contribution in [-0.2, 0) is 15.8 Å². The first-order valence-corrected chi connectivity index (χ1v) is 10.5. The fraction of sp³-hybridized carbons (Fsp3) is 0.391. The van der Waals surface area contributed by atoms with Gasteiger partial charge in [0.05, 0.1) is 24.4 Å². The van der Waals surface area contributed by atoms with Crippen molar-refractivity contribution in [2.45, 2.75) is 19.0 Å². The third-order valence-corrected chi connectivity index (χ3v) is 5.15. The standard InChI is InChI=1S/C23H26F3N3O3/c24-23(25,26)19-9-4-5-10-20(19)27-21(30)17-28-12-14-29(15-13-28)22(31)11-6-16-32-18-7-2-1-3-8-18/h1-5,7-10H,6,11-17H2,(H,27,30). The molecule has 32 heavy (non-hydrogen) atoms. The van der Waals surface area contributed by atoms with E-state index in [0.29, 0.717) is 45.6 Å². The molecule has 1 aliphatic rings. The Balaban J connectivity index is 1.37. The zero-order valence-electron chi connectivity index (χ0n) is 17.6. The number of ether oxygens (including phenoxy) is 1. The van der Waals surface area contributed by atoms with Gasteiger partial charge in [-0.25, -0.2) is 0 Å². The van der Waals surface area contributed by atoms with Gasteiger partial charge in [-0.3, -0.25) is 14.5 Å². The molecule has 0 atom stereocenters. The van der Waals surface area contributed by atoms with E-state index in [4.69, 9.17) is 4.74 Å². The van der Waals surface area contributed by atoms with Crippen LogP contribution in [0.1, 0.15) is 18.4 Å². The van der Waals surface area contributed by atoms with Crippen LogP contribution in [-0.4, -0.2) is 60.9 Å². The zero-order chi connectivity index (χ0) is 23.0. The maximum atomic E-state index is 13.1. The lowest BCUT2D eigenvalue weighted by Crippen LogP contribution is -2.50. The van der Waals surface area contributed by atoms with Crippen LogP contribution in [0.3, 0.4) is 0 Å². The Morgan fingerprint density at radius 2 is 1.59 bits per heavy atom. The highest BCUT2D eigenvalue weighted by Crippen LogP contribution is 2.34. The summed E-state index contributed by atoms with van der Waals surface area (Å²) in [4.78, 5) is 28.2. The van der Waals surface area contributed by atoms with Crippen molar-refractivity contribution in [3.63, 3.8) is 0 Å². The molecular formula is C23H26F3N3O3. The lowest BCUT2D eigenvalue weighted by molar-refractivity contribution is -0.137. The summed E-state index contributed by atoms with van der Waals surface area (Å²) in [5.74, 6) is 0.286. The van der Waals surface area contributed by atoms with E-state index in [-0.39, 0.29) is 18.1 Å². The molecule has 0 aromatic heterocycles. The summed E-state index contributed by atoms with van der Waals surface area (Å²) in [6.45, 7) is 2.35. The Morgan fingerprint density at radius 3 is 2.28 bits per heavy atom. The number of carbonyl (C=O) groups is 2. The van der Waals surface area contributed by atoms with Crippen LogP contribution in [0.5, 0.6) is 5.75 Å². The summed E-state index contributed by atoms with van der Waals surface area (Å²) in [6, 6.07) is 14.3. The summed E-state index contributed by atoms with van der Waals surface area (Å²) in [6.07, 6.45) is -3.56. The van der Waals surface area contributed by atoms with E-state index in [1.807, 2.05) is 35.2 Å². The van der Waals surface area contributed by atoms with Gasteiger partial charge in [0, 0.05) is 32.6 Å². The molecule has 2 amide bonds. The van der Waals surface area contributed by atoms with E-state index in [2.05, 4.69) is 5.32 Å². The van der Waals surface area contributed by atoms with Crippen LogP contribution in [0.4, 0.5) is 18.9 Å². The summed E-state index contributed by atoms with van der Waals surface area (Å²) in [5.41, 5.74) is -1.13. The molecule has 0 spiro atoms. The molecule has 1 saturated heterocycles. The lowest BCUT2D eigenvalue weighted by atomic mass is 10.1. The fourth-order valence-electron chi connectivity index (χ4n) is 3.48. The van der Waals surface area contributed by atoms with Crippen molar-refractivity contribution >= 4 is 17.5 Å². The van der Waals surface area contributed by atoms with E-state index in [1.165, 1.54) is 18.2 Å². The topological polar surface area (TPSA) is 61.9 Å². The van der Waals surface area contributed by atoms with E-state index in [9.17, 15) is 22.8 Å². The number of amides is 2. The highest BCUT2D eigenvalue weighted by atomic mass is 19.4. The van der Waals surface area contributed by atoms with Crippen molar-refractivity contribution in [1.82, 2.24) is 9.80 Å². The number of benzene rings is 2. The third-order valence-electron chi connectivity index (χ3n) is 5.15. The maximum absolute atomic E-state index is 13.1. The van der Waals surface area contributed by atoms with Gasteiger partial charge in [0.25, 0.3) is 0 Å². The van der Waals surface area contributed by atoms with Crippen molar-refractivity contribution in [3.05, 3.63) is 60.2 Å². The van der Waals surface area contributed by atoms with E-state index in [1.54, 1.807) is 4.90 Å². The summed E-state index contributed by atoms with van der Waals surface area (Å²) >= 11 is 0. The molecule has 0 saturated carbocycles. The Kier molecular flexibility index (Phi) is 8.10. The fourth-order valence-corrected chi connectivity index (χ4v) is 3.48. The number of para-hydroxylation sites is 2. The Hall–Kier alpha value is -3.07. The van der Waals surface area contributed by atoms with Gasteiger partial charge in [-0.05, 0) is 30.7 Å². The van der Waals surface area contributed by atoms with Crippen LogP contribution < -0.4 is 10.1 Å². The Labute approximate surface area is 184 Å². The number of halogens is 3. The first kappa shape index (κ1) is 23.6. The quantitative estimate of drug-likeness (QED) is 0.625. The Morgan fingerprint density at radius 1 is 0.938 bits per heavy atom. The molecule has 2 aromatic carbocycles. The van der Waals surface area contributed by atoms with E-state index >= 15 is 0 Å². The van der Waals surface area contributed by atoms with Crippen molar-refractivity contribution in [2.24, 2.45) is 0 Å². The first-order valence-electron chi connectivity index (χ1n) is 10.5. The van der Waals surface area contributed by atoms with Crippen LogP contribution in [0.15, 0.2) is 54.6 Å². The van der Waals surface area contributed by atoms with Gasteiger partial charge in [0.1, 0.15) is 5.75 Å². The molecule has 9 heteroatoms. The molecule has 3 rings (SSSR count). The third kappa shape index (κ3) is 6.98. The maximum Gasteiger partial charge on any atom is 0.418 e.